The first kappa shape index (κ1) is 14.6. The van der Waals surface area contributed by atoms with E-state index in [-0.39, 0.29) is 5.91 Å². The van der Waals surface area contributed by atoms with Crippen LogP contribution in [0, 0.1) is 0 Å². The lowest BCUT2D eigenvalue weighted by Crippen LogP contribution is -2.50. The van der Waals surface area contributed by atoms with Gasteiger partial charge in [0.2, 0.25) is 5.91 Å². The predicted molar refractivity (Wildman–Crippen MR) is 93.6 cm³/mol. The van der Waals surface area contributed by atoms with Crippen LogP contribution < -0.4 is 0 Å². The van der Waals surface area contributed by atoms with E-state index in [4.69, 9.17) is 0 Å². The molecule has 1 unspecified atom stereocenters. The molecule has 0 aliphatic carbocycles. The molecule has 21 heavy (non-hydrogen) atoms. The number of carbonyl (C=O) groups excluding carboxylic acids is 1. The molecule has 1 atom stereocenters. The van der Waals surface area contributed by atoms with Gasteiger partial charge >= 0.3 is 0 Å². The number of nitrogens with zero attached hydrogens (tertiary/aromatic N) is 1. The minimum atomic E-state index is -0.536. The quantitative estimate of drug-likeness (QED) is 0.576. The maximum Gasteiger partial charge on any atom is 0.237 e. The average molecular weight is 391 g/mol. The monoisotopic (exact) mass is 391 g/mol. The van der Waals surface area contributed by atoms with Crippen LogP contribution in [-0.4, -0.2) is 22.3 Å². The van der Waals surface area contributed by atoms with Gasteiger partial charge in [0.25, 0.3) is 0 Å². The highest BCUT2D eigenvalue weighted by molar-refractivity contribution is 14.1. The van der Waals surface area contributed by atoms with E-state index >= 15 is 0 Å². The van der Waals surface area contributed by atoms with Gasteiger partial charge in [0.15, 0.2) is 0 Å². The number of hydrogen-bond acceptors (Lipinski definition) is 1. The van der Waals surface area contributed by atoms with E-state index in [1.165, 1.54) is 11.1 Å². The van der Waals surface area contributed by atoms with Gasteiger partial charge in [0, 0.05) is 18.0 Å². The fourth-order valence-corrected chi connectivity index (χ4v) is 4.18. The Kier molecular flexibility index (Phi) is 4.02. The van der Waals surface area contributed by atoms with Crippen LogP contribution in [0.4, 0.5) is 0 Å². The van der Waals surface area contributed by atoms with Crippen molar-refractivity contribution in [3.63, 3.8) is 0 Å². The summed E-state index contributed by atoms with van der Waals surface area (Å²) < 4.78 is 0.945. The molecule has 0 fully saturated rings. The van der Waals surface area contributed by atoms with Crippen molar-refractivity contribution in [2.45, 2.75) is 18.4 Å². The van der Waals surface area contributed by atoms with Gasteiger partial charge in [-0.05, 0) is 23.1 Å². The Morgan fingerprint density at radius 2 is 1.76 bits per heavy atom. The SMILES string of the molecule is CN1Cc2ccccc2C(CCI)(c2ccccc2)C1=O. The maximum atomic E-state index is 13.1. The number of benzene rings is 2. The van der Waals surface area contributed by atoms with Crippen molar-refractivity contribution in [1.29, 1.82) is 0 Å². The molecular formula is C18H18INO. The first-order valence-corrected chi connectivity index (χ1v) is 8.68. The number of rotatable bonds is 3. The van der Waals surface area contributed by atoms with Gasteiger partial charge in [-0.1, -0.05) is 77.2 Å². The standard InChI is InChI=1S/C18H18INO/c1-20-13-14-7-5-6-10-16(14)18(11-12-19,17(20)21)15-8-3-2-4-9-15/h2-10H,11-13H2,1H3. The summed E-state index contributed by atoms with van der Waals surface area (Å²) in [6, 6.07) is 18.6. The van der Waals surface area contributed by atoms with Gasteiger partial charge in [-0.2, -0.15) is 0 Å². The van der Waals surface area contributed by atoms with Crippen LogP contribution in [0.3, 0.4) is 0 Å². The normalized spacial score (nSPS) is 21.2. The molecule has 1 amide bonds. The number of likely N-dealkylation sites (N-methyl/N-ethyl adjacent to an activating group) is 1. The molecule has 2 aromatic carbocycles. The molecule has 1 heterocycles. The lowest BCUT2D eigenvalue weighted by Gasteiger charge is -2.42. The van der Waals surface area contributed by atoms with Gasteiger partial charge in [0.05, 0.1) is 0 Å². The third kappa shape index (κ3) is 2.27. The van der Waals surface area contributed by atoms with Crippen molar-refractivity contribution < 1.29 is 4.79 Å². The van der Waals surface area contributed by atoms with Crippen molar-refractivity contribution >= 4 is 28.5 Å². The number of carbonyl (C=O) groups is 1. The van der Waals surface area contributed by atoms with Crippen LogP contribution in [0.2, 0.25) is 0 Å². The van der Waals surface area contributed by atoms with E-state index in [0.717, 1.165) is 16.4 Å². The van der Waals surface area contributed by atoms with Crippen LogP contribution >= 0.6 is 22.6 Å². The molecule has 108 valence electrons. The molecule has 3 heteroatoms. The van der Waals surface area contributed by atoms with Crippen molar-refractivity contribution in [3.05, 3.63) is 71.3 Å². The van der Waals surface area contributed by atoms with E-state index in [0.29, 0.717) is 6.54 Å². The number of amides is 1. The van der Waals surface area contributed by atoms with Crippen molar-refractivity contribution in [3.8, 4) is 0 Å². The van der Waals surface area contributed by atoms with Gasteiger partial charge in [0.1, 0.15) is 5.41 Å². The van der Waals surface area contributed by atoms with E-state index < -0.39 is 5.41 Å². The summed E-state index contributed by atoms with van der Waals surface area (Å²) in [6.07, 6.45) is 0.831. The fraction of sp³-hybridized carbons (Fsp3) is 0.278. The highest BCUT2D eigenvalue weighted by Crippen LogP contribution is 2.42. The molecule has 3 rings (SSSR count). The molecule has 2 aromatic rings. The van der Waals surface area contributed by atoms with Gasteiger partial charge in [-0.25, -0.2) is 0 Å². The summed E-state index contributed by atoms with van der Waals surface area (Å²) in [5.74, 6) is 0.212. The second-order valence-electron chi connectivity index (χ2n) is 5.53. The summed E-state index contributed by atoms with van der Waals surface area (Å²) in [5, 5.41) is 0. The topological polar surface area (TPSA) is 20.3 Å². The molecule has 0 aromatic heterocycles. The highest BCUT2D eigenvalue weighted by Gasteiger charge is 2.46. The third-order valence-electron chi connectivity index (χ3n) is 4.33. The number of alkyl halides is 1. The van der Waals surface area contributed by atoms with Crippen molar-refractivity contribution in [1.82, 2.24) is 4.90 Å². The van der Waals surface area contributed by atoms with E-state index in [1.807, 2.05) is 36.2 Å². The summed E-state index contributed by atoms with van der Waals surface area (Å²) in [5.41, 5.74) is 3.00. The van der Waals surface area contributed by atoms with Crippen LogP contribution in [0.15, 0.2) is 54.6 Å². The summed E-state index contributed by atoms with van der Waals surface area (Å²) in [7, 11) is 1.91. The smallest absolute Gasteiger partial charge is 0.237 e. The molecule has 1 aliphatic heterocycles. The molecule has 0 spiro atoms. The largest absolute Gasteiger partial charge is 0.340 e. The number of hydrogen-bond donors (Lipinski definition) is 0. The molecule has 0 N–H and O–H groups in total. The zero-order valence-electron chi connectivity index (χ0n) is 12.1. The molecule has 0 saturated heterocycles. The lowest BCUT2D eigenvalue weighted by molar-refractivity contribution is -0.136. The highest BCUT2D eigenvalue weighted by atomic mass is 127. The lowest BCUT2D eigenvalue weighted by atomic mass is 9.68. The Bertz CT molecular complexity index is 655. The molecule has 2 nitrogen and oxygen atoms in total. The second kappa shape index (κ2) is 5.79. The van der Waals surface area contributed by atoms with Gasteiger partial charge in [-0.3, -0.25) is 4.79 Å². The number of fused-ring (bicyclic) bond motifs is 1. The van der Waals surface area contributed by atoms with E-state index in [2.05, 4.69) is 52.9 Å². The second-order valence-corrected chi connectivity index (χ2v) is 6.61. The molecule has 1 aliphatic rings. The minimum absolute atomic E-state index is 0.212. The van der Waals surface area contributed by atoms with Gasteiger partial charge in [-0.15, -0.1) is 0 Å². The first-order chi connectivity index (χ1) is 10.2. The van der Waals surface area contributed by atoms with Crippen LogP contribution in [0.1, 0.15) is 23.1 Å². The Labute approximate surface area is 139 Å². The molecule has 0 saturated carbocycles. The van der Waals surface area contributed by atoms with Gasteiger partial charge < -0.3 is 4.90 Å². The Hall–Kier alpha value is -1.36. The number of halogens is 1. The predicted octanol–water partition coefficient (Wildman–Crippen LogP) is 3.77. The summed E-state index contributed by atoms with van der Waals surface area (Å²) in [6.45, 7) is 0.699. The van der Waals surface area contributed by atoms with Crippen molar-refractivity contribution in [2.24, 2.45) is 0 Å². The summed E-state index contributed by atoms with van der Waals surface area (Å²) in [4.78, 5) is 15.0. The minimum Gasteiger partial charge on any atom is -0.340 e. The summed E-state index contributed by atoms with van der Waals surface area (Å²) >= 11 is 2.37. The Balaban J connectivity index is 2.29. The van der Waals surface area contributed by atoms with Crippen LogP contribution in [0.5, 0.6) is 0 Å². The third-order valence-corrected chi connectivity index (χ3v) is 4.87. The fourth-order valence-electron chi connectivity index (χ4n) is 3.37. The maximum absolute atomic E-state index is 13.1. The van der Waals surface area contributed by atoms with Crippen LogP contribution in [0.25, 0.3) is 0 Å². The zero-order valence-corrected chi connectivity index (χ0v) is 14.2. The zero-order chi connectivity index (χ0) is 14.9. The molecule has 0 radical (unpaired) electrons. The van der Waals surface area contributed by atoms with E-state index in [9.17, 15) is 4.79 Å². The Morgan fingerprint density at radius 3 is 2.48 bits per heavy atom. The molecular weight excluding hydrogens is 373 g/mol. The van der Waals surface area contributed by atoms with E-state index in [1.54, 1.807) is 0 Å². The average Bonchev–Trinajstić information content (AvgIpc) is 2.53. The van der Waals surface area contributed by atoms with Crippen LogP contribution in [-0.2, 0) is 16.8 Å². The van der Waals surface area contributed by atoms with Crippen molar-refractivity contribution in [2.75, 3.05) is 11.5 Å². The first-order valence-electron chi connectivity index (χ1n) is 7.15. The molecule has 0 bridgehead atoms. The Morgan fingerprint density at radius 1 is 1.10 bits per heavy atom.